The van der Waals surface area contributed by atoms with Crippen LogP contribution in [0.2, 0.25) is 0 Å². The minimum Gasteiger partial charge on any atom is -0.370 e. The highest BCUT2D eigenvalue weighted by Gasteiger charge is 2.39. The van der Waals surface area contributed by atoms with Crippen LogP contribution in [0.1, 0.15) is 32.1 Å². The first kappa shape index (κ1) is 18.6. The molecule has 6 heteroatoms. The zero-order valence-electron chi connectivity index (χ0n) is 13.7. The van der Waals surface area contributed by atoms with E-state index < -0.39 is 0 Å². The minimum absolute atomic E-state index is 0. The number of halogens is 2. The molecule has 130 valence electrons. The van der Waals surface area contributed by atoms with E-state index in [0.29, 0.717) is 12.1 Å². The van der Waals surface area contributed by atoms with Crippen molar-refractivity contribution in [3.05, 3.63) is 18.3 Å². The summed E-state index contributed by atoms with van der Waals surface area (Å²) < 4.78 is 0. The van der Waals surface area contributed by atoms with E-state index in [1.54, 1.807) is 0 Å². The first-order valence-electron chi connectivity index (χ1n) is 8.46. The van der Waals surface area contributed by atoms with Gasteiger partial charge in [0.2, 0.25) is 0 Å². The van der Waals surface area contributed by atoms with Gasteiger partial charge in [-0.2, -0.15) is 0 Å². The Labute approximate surface area is 151 Å². The van der Waals surface area contributed by atoms with Crippen LogP contribution < -0.4 is 15.5 Å². The molecule has 2 heterocycles. The molecule has 2 N–H and O–H groups in total. The molecule has 1 aliphatic heterocycles. The standard InChI is InChI=1S/C17H26N4.2ClH/c1-18-14-5-7-21(11-14)15-4-6-19-17(10-15)20-16-9-12-2-3-13(16)8-12;;/h4,6,10,12-14,16,18H,2-3,5,7-9,11H2,1H3,(H,19,20);2*1H/t12?,13?,14-,16?;;/m1../s1. The summed E-state index contributed by atoms with van der Waals surface area (Å²) in [4.78, 5) is 7.01. The van der Waals surface area contributed by atoms with E-state index in [1.165, 1.54) is 37.8 Å². The van der Waals surface area contributed by atoms with Crippen LogP contribution in [-0.2, 0) is 0 Å². The summed E-state index contributed by atoms with van der Waals surface area (Å²) in [7, 11) is 2.06. The Hall–Kier alpha value is -0.710. The number of rotatable bonds is 4. The molecule has 3 fully saturated rings. The highest BCUT2D eigenvalue weighted by Crippen LogP contribution is 2.45. The van der Waals surface area contributed by atoms with Crippen molar-refractivity contribution >= 4 is 36.3 Å². The Bertz CT molecular complexity index is 513. The molecule has 0 amide bonds. The largest absolute Gasteiger partial charge is 0.370 e. The van der Waals surface area contributed by atoms with Crippen molar-refractivity contribution in [1.82, 2.24) is 10.3 Å². The lowest BCUT2D eigenvalue weighted by Crippen LogP contribution is -2.29. The van der Waals surface area contributed by atoms with Gasteiger partial charge in [0.15, 0.2) is 0 Å². The van der Waals surface area contributed by atoms with Crippen molar-refractivity contribution in [3.8, 4) is 0 Å². The molecule has 2 bridgehead atoms. The van der Waals surface area contributed by atoms with Crippen LogP contribution in [0.25, 0.3) is 0 Å². The molecule has 1 saturated heterocycles. The second-order valence-electron chi connectivity index (χ2n) is 7.05. The number of nitrogens with one attached hydrogen (secondary N) is 2. The van der Waals surface area contributed by atoms with Crippen molar-refractivity contribution in [2.24, 2.45) is 11.8 Å². The highest BCUT2D eigenvalue weighted by molar-refractivity contribution is 5.85. The van der Waals surface area contributed by atoms with Crippen LogP contribution in [0.15, 0.2) is 18.3 Å². The van der Waals surface area contributed by atoms with Crippen LogP contribution in [0.5, 0.6) is 0 Å². The summed E-state index contributed by atoms with van der Waals surface area (Å²) in [6.07, 6.45) is 8.84. The molecule has 0 aromatic carbocycles. The Kier molecular flexibility index (Phi) is 6.40. The minimum atomic E-state index is 0. The number of fused-ring (bicyclic) bond motifs is 2. The summed E-state index contributed by atoms with van der Waals surface area (Å²) in [5, 5.41) is 7.09. The third kappa shape index (κ3) is 3.86. The number of hydrogen-bond donors (Lipinski definition) is 2. The molecule has 4 rings (SSSR count). The van der Waals surface area contributed by atoms with E-state index in [-0.39, 0.29) is 24.8 Å². The predicted octanol–water partition coefficient (Wildman–Crippen LogP) is 3.32. The summed E-state index contributed by atoms with van der Waals surface area (Å²) >= 11 is 0. The maximum absolute atomic E-state index is 4.54. The zero-order chi connectivity index (χ0) is 14.2. The Balaban J connectivity index is 0.000000960. The zero-order valence-corrected chi connectivity index (χ0v) is 15.3. The average molecular weight is 359 g/mol. The second-order valence-corrected chi connectivity index (χ2v) is 7.05. The Morgan fingerprint density at radius 2 is 2.04 bits per heavy atom. The van der Waals surface area contributed by atoms with Crippen molar-refractivity contribution < 1.29 is 0 Å². The highest BCUT2D eigenvalue weighted by atomic mass is 35.5. The lowest BCUT2D eigenvalue weighted by atomic mass is 9.95. The first-order chi connectivity index (χ1) is 10.3. The molecule has 2 aliphatic carbocycles. The van der Waals surface area contributed by atoms with E-state index in [1.807, 2.05) is 6.20 Å². The molecule has 1 aromatic heterocycles. The number of nitrogens with zero attached hydrogens (tertiary/aromatic N) is 2. The molecule has 3 aliphatic rings. The number of pyridine rings is 1. The number of aromatic nitrogens is 1. The van der Waals surface area contributed by atoms with Gasteiger partial charge in [-0.15, -0.1) is 24.8 Å². The van der Waals surface area contributed by atoms with Crippen molar-refractivity contribution in [2.75, 3.05) is 30.4 Å². The molecule has 1 aromatic rings. The van der Waals surface area contributed by atoms with E-state index >= 15 is 0 Å². The second kappa shape index (κ2) is 7.91. The molecule has 3 unspecified atom stereocenters. The maximum atomic E-state index is 4.54. The van der Waals surface area contributed by atoms with Gasteiger partial charge in [0.05, 0.1) is 0 Å². The third-order valence-corrected chi connectivity index (χ3v) is 5.78. The molecule has 2 saturated carbocycles. The van der Waals surface area contributed by atoms with Crippen molar-refractivity contribution in [1.29, 1.82) is 0 Å². The number of anilines is 2. The van der Waals surface area contributed by atoms with Gasteiger partial charge in [0, 0.05) is 43.1 Å². The summed E-state index contributed by atoms with van der Waals surface area (Å²) in [6.45, 7) is 2.25. The molecule has 4 atom stereocenters. The molecular weight excluding hydrogens is 331 g/mol. The average Bonchev–Trinajstić information content (AvgIpc) is 3.23. The summed E-state index contributed by atoms with van der Waals surface area (Å²) in [5.74, 6) is 2.93. The third-order valence-electron chi connectivity index (χ3n) is 5.78. The monoisotopic (exact) mass is 358 g/mol. The van der Waals surface area contributed by atoms with Gasteiger partial charge < -0.3 is 15.5 Å². The normalized spacial score (nSPS) is 31.6. The van der Waals surface area contributed by atoms with Crippen LogP contribution in [0, 0.1) is 11.8 Å². The van der Waals surface area contributed by atoms with E-state index in [9.17, 15) is 0 Å². The molecule has 23 heavy (non-hydrogen) atoms. The lowest BCUT2D eigenvalue weighted by Gasteiger charge is -2.24. The fraction of sp³-hybridized carbons (Fsp3) is 0.706. The van der Waals surface area contributed by atoms with Gasteiger partial charge in [0.1, 0.15) is 5.82 Å². The van der Waals surface area contributed by atoms with Crippen LogP contribution >= 0.6 is 24.8 Å². The van der Waals surface area contributed by atoms with E-state index in [2.05, 4.69) is 39.7 Å². The predicted molar refractivity (Wildman–Crippen MR) is 101 cm³/mol. The van der Waals surface area contributed by atoms with Crippen molar-refractivity contribution in [3.63, 3.8) is 0 Å². The fourth-order valence-electron chi connectivity index (χ4n) is 4.54. The first-order valence-corrected chi connectivity index (χ1v) is 8.46. The Morgan fingerprint density at radius 1 is 1.17 bits per heavy atom. The topological polar surface area (TPSA) is 40.2 Å². The van der Waals surface area contributed by atoms with Crippen LogP contribution in [-0.4, -0.2) is 37.2 Å². The number of likely N-dealkylation sites (N-methyl/N-ethyl adjacent to an activating group) is 1. The fourth-order valence-corrected chi connectivity index (χ4v) is 4.54. The van der Waals surface area contributed by atoms with Crippen molar-refractivity contribution in [2.45, 2.75) is 44.2 Å². The van der Waals surface area contributed by atoms with Gasteiger partial charge >= 0.3 is 0 Å². The van der Waals surface area contributed by atoms with Gasteiger partial charge in [-0.25, -0.2) is 4.98 Å². The molecular formula is C17H28Cl2N4. The quantitative estimate of drug-likeness (QED) is 0.865. The van der Waals surface area contributed by atoms with Gasteiger partial charge in [0.25, 0.3) is 0 Å². The Morgan fingerprint density at radius 3 is 2.70 bits per heavy atom. The van der Waals surface area contributed by atoms with Crippen LogP contribution in [0.4, 0.5) is 11.5 Å². The summed E-state index contributed by atoms with van der Waals surface area (Å²) in [5.41, 5.74) is 1.31. The lowest BCUT2D eigenvalue weighted by molar-refractivity contribution is 0.439. The molecule has 0 radical (unpaired) electrons. The number of hydrogen-bond acceptors (Lipinski definition) is 4. The maximum Gasteiger partial charge on any atom is 0.128 e. The van der Waals surface area contributed by atoms with E-state index in [0.717, 1.165) is 30.7 Å². The molecule has 4 nitrogen and oxygen atoms in total. The van der Waals surface area contributed by atoms with Gasteiger partial charge in [-0.1, -0.05) is 6.42 Å². The van der Waals surface area contributed by atoms with Gasteiger partial charge in [-0.3, -0.25) is 0 Å². The SMILES string of the molecule is CN[C@@H]1CCN(c2ccnc(NC3CC4CCC3C4)c2)C1.Cl.Cl. The van der Waals surface area contributed by atoms with E-state index in [4.69, 9.17) is 0 Å². The van der Waals surface area contributed by atoms with Gasteiger partial charge in [-0.05, 0) is 50.6 Å². The molecule has 0 spiro atoms. The smallest absolute Gasteiger partial charge is 0.128 e. The van der Waals surface area contributed by atoms with Crippen LogP contribution in [0.3, 0.4) is 0 Å². The summed E-state index contributed by atoms with van der Waals surface area (Å²) in [6, 6.07) is 5.67.